The minimum Gasteiger partial charge on any atom is -0.397 e. The summed E-state index contributed by atoms with van der Waals surface area (Å²) in [4.78, 5) is 15.4. The number of carbonyl (C=O) groups excluding carboxylic acids is 1. The Kier molecular flexibility index (Phi) is 4.43. The van der Waals surface area contributed by atoms with Crippen LogP contribution in [0.5, 0.6) is 0 Å². The summed E-state index contributed by atoms with van der Waals surface area (Å²) in [5.74, 6) is 1.36. The van der Waals surface area contributed by atoms with E-state index in [1.165, 1.54) is 23.4 Å². The molecule has 2 rings (SSSR count). The monoisotopic (exact) mass is 294 g/mol. The largest absolute Gasteiger partial charge is 0.397 e. The van der Waals surface area contributed by atoms with Gasteiger partial charge in [0.15, 0.2) is 5.78 Å². The van der Waals surface area contributed by atoms with E-state index in [0.29, 0.717) is 11.8 Å². The van der Waals surface area contributed by atoms with E-state index in [-0.39, 0.29) is 11.7 Å². The van der Waals surface area contributed by atoms with Crippen molar-refractivity contribution in [3.05, 3.63) is 10.4 Å². The van der Waals surface area contributed by atoms with Gasteiger partial charge in [0.1, 0.15) is 0 Å². The minimum atomic E-state index is 0.00579. The number of carbonyl (C=O) groups is 1. The van der Waals surface area contributed by atoms with Crippen molar-refractivity contribution in [2.75, 3.05) is 24.2 Å². The number of nitrogen functional groups attached to an aromatic ring is 1. The zero-order valence-electron chi connectivity index (χ0n) is 13.2. The molecule has 0 aliphatic heterocycles. The molecule has 112 valence electrons. The van der Waals surface area contributed by atoms with Crippen molar-refractivity contribution in [1.82, 2.24) is 0 Å². The van der Waals surface area contributed by atoms with Crippen LogP contribution in [0.25, 0.3) is 0 Å². The smallest absolute Gasteiger partial charge is 0.177 e. The van der Waals surface area contributed by atoms with Gasteiger partial charge in [0.25, 0.3) is 0 Å². The third-order valence-corrected chi connectivity index (χ3v) is 5.03. The van der Waals surface area contributed by atoms with E-state index >= 15 is 0 Å². The SMILES string of the molecule is CC(C)CN(C)c1sc(C(=O)C(C)C)c(N)c1C1CC1. The lowest BCUT2D eigenvalue weighted by Crippen LogP contribution is -2.22. The van der Waals surface area contributed by atoms with Gasteiger partial charge in [-0.1, -0.05) is 27.7 Å². The molecule has 20 heavy (non-hydrogen) atoms. The maximum absolute atomic E-state index is 12.3. The lowest BCUT2D eigenvalue weighted by Gasteiger charge is -2.21. The number of anilines is 2. The van der Waals surface area contributed by atoms with Crippen molar-refractivity contribution in [3.8, 4) is 0 Å². The van der Waals surface area contributed by atoms with Crippen molar-refractivity contribution < 1.29 is 4.79 Å². The molecular formula is C16H26N2OS. The van der Waals surface area contributed by atoms with Gasteiger partial charge in [0.2, 0.25) is 0 Å². The molecule has 4 heteroatoms. The van der Waals surface area contributed by atoms with Crippen LogP contribution in [0, 0.1) is 11.8 Å². The van der Waals surface area contributed by atoms with Crippen LogP contribution >= 0.6 is 11.3 Å². The Bertz CT molecular complexity index is 501. The first kappa shape index (κ1) is 15.4. The zero-order chi connectivity index (χ0) is 15.0. The Balaban J connectivity index is 2.40. The molecule has 0 saturated heterocycles. The molecule has 0 atom stereocenters. The van der Waals surface area contributed by atoms with Crippen molar-refractivity contribution in [1.29, 1.82) is 0 Å². The second kappa shape index (κ2) is 5.76. The molecule has 1 aliphatic rings. The highest BCUT2D eigenvalue weighted by Gasteiger charge is 2.34. The number of rotatable bonds is 6. The highest BCUT2D eigenvalue weighted by Crippen LogP contribution is 2.52. The Morgan fingerprint density at radius 2 is 1.95 bits per heavy atom. The van der Waals surface area contributed by atoms with Crippen molar-refractivity contribution in [3.63, 3.8) is 0 Å². The highest BCUT2D eigenvalue weighted by atomic mass is 32.1. The van der Waals surface area contributed by atoms with Gasteiger partial charge >= 0.3 is 0 Å². The first-order valence-corrected chi connectivity index (χ1v) is 8.32. The highest BCUT2D eigenvalue weighted by molar-refractivity contribution is 7.19. The van der Waals surface area contributed by atoms with E-state index in [9.17, 15) is 4.79 Å². The molecule has 1 heterocycles. The average molecular weight is 294 g/mol. The fraction of sp³-hybridized carbons (Fsp3) is 0.688. The summed E-state index contributed by atoms with van der Waals surface area (Å²) in [6.45, 7) is 9.30. The van der Waals surface area contributed by atoms with Crippen LogP contribution in [0.2, 0.25) is 0 Å². The van der Waals surface area contributed by atoms with Gasteiger partial charge in [-0.3, -0.25) is 4.79 Å². The lowest BCUT2D eigenvalue weighted by molar-refractivity contribution is 0.0944. The molecule has 0 spiro atoms. The average Bonchev–Trinajstić information content (AvgIpc) is 3.11. The fourth-order valence-corrected chi connectivity index (χ4v) is 3.94. The maximum atomic E-state index is 12.3. The molecule has 3 nitrogen and oxygen atoms in total. The van der Waals surface area contributed by atoms with Crippen LogP contribution < -0.4 is 10.6 Å². The first-order chi connectivity index (χ1) is 9.32. The Morgan fingerprint density at radius 1 is 1.35 bits per heavy atom. The van der Waals surface area contributed by atoms with E-state index in [4.69, 9.17) is 5.73 Å². The molecule has 2 N–H and O–H groups in total. The summed E-state index contributed by atoms with van der Waals surface area (Å²) >= 11 is 1.59. The van der Waals surface area contributed by atoms with Crippen LogP contribution in [-0.2, 0) is 0 Å². The standard InChI is InChI=1S/C16H26N2OS/c1-9(2)8-18(5)16-12(11-6-7-11)13(17)15(20-16)14(19)10(3)4/h9-11H,6-8,17H2,1-5H3. The van der Waals surface area contributed by atoms with Crippen LogP contribution in [0.15, 0.2) is 0 Å². The number of hydrogen-bond acceptors (Lipinski definition) is 4. The number of Topliss-reactive ketones (excluding diaryl/α,β-unsaturated/α-hetero) is 1. The molecule has 0 aromatic carbocycles. The molecule has 0 radical (unpaired) electrons. The minimum absolute atomic E-state index is 0.00579. The lowest BCUT2D eigenvalue weighted by atomic mass is 10.0. The summed E-state index contributed by atoms with van der Waals surface area (Å²) in [5, 5.41) is 1.21. The molecule has 1 saturated carbocycles. The summed E-state index contributed by atoms with van der Waals surface area (Å²) in [5.41, 5.74) is 8.31. The number of nitrogens with two attached hydrogens (primary N) is 1. The van der Waals surface area contributed by atoms with Gasteiger partial charge in [-0.2, -0.15) is 0 Å². The topological polar surface area (TPSA) is 46.3 Å². The van der Waals surface area contributed by atoms with Crippen molar-refractivity contribution >= 4 is 27.8 Å². The molecule has 1 aromatic heterocycles. The van der Waals surface area contributed by atoms with E-state index in [2.05, 4.69) is 25.8 Å². The Labute approximate surface area is 126 Å². The second-order valence-corrected chi connectivity index (χ2v) is 7.63. The Hall–Kier alpha value is -1.03. The maximum Gasteiger partial charge on any atom is 0.177 e. The molecule has 1 aliphatic carbocycles. The Morgan fingerprint density at radius 3 is 2.40 bits per heavy atom. The predicted octanol–water partition coefficient (Wildman–Crippen LogP) is 4.14. The predicted molar refractivity (Wildman–Crippen MR) is 88.0 cm³/mol. The summed E-state index contributed by atoms with van der Waals surface area (Å²) in [6, 6.07) is 0. The molecule has 1 fully saturated rings. The third-order valence-electron chi connectivity index (χ3n) is 3.68. The summed E-state index contributed by atoms with van der Waals surface area (Å²) in [6.07, 6.45) is 2.41. The van der Waals surface area contributed by atoms with Crippen LogP contribution in [0.4, 0.5) is 10.7 Å². The normalized spacial score (nSPS) is 15.2. The van der Waals surface area contributed by atoms with E-state index in [1.54, 1.807) is 11.3 Å². The van der Waals surface area contributed by atoms with Crippen molar-refractivity contribution in [2.24, 2.45) is 11.8 Å². The zero-order valence-corrected chi connectivity index (χ0v) is 14.0. The summed E-state index contributed by atoms with van der Waals surface area (Å²) in [7, 11) is 2.11. The summed E-state index contributed by atoms with van der Waals surface area (Å²) < 4.78 is 0. The third kappa shape index (κ3) is 3.00. The second-order valence-electron chi connectivity index (χ2n) is 6.63. The van der Waals surface area contributed by atoms with E-state index in [1.807, 2.05) is 13.8 Å². The van der Waals surface area contributed by atoms with Crippen LogP contribution in [-0.4, -0.2) is 19.4 Å². The molecule has 0 bridgehead atoms. The molecule has 0 amide bonds. The van der Waals surface area contributed by atoms with Gasteiger partial charge in [0, 0.05) is 25.1 Å². The van der Waals surface area contributed by atoms with Gasteiger partial charge in [0.05, 0.1) is 15.6 Å². The molecule has 0 unspecified atom stereocenters. The number of hydrogen-bond donors (Lipinski definition) is 1. The van der Waals surface area contributed by atoms with E-state index < -0.39 is 0 Å². The van der Waals surface area contributed by atoms with Gasteiger partial charge < -0.3 is 10.6 Å². The van der Waals surface area contributed by atoms with Gasteiger partial charge in [-0.05, 0) is 24.7 Å². The van der Waals surface area contributed by atoms with Gasteiger partial charge in [-0.15, -0.1) is 11.3 Å². The first-order valence-electron chi connectivity index (χ1n) is 7.50. The molecular weight excluding hydrogens is 268 g/mol. The number of thiophene rings is 1. The van der Waals surface area contributed by atoms with Crippen LogP contribution in [0.1, 0.15) is 61.7 Å². The fourth-order valence-electron chi connectivity index (χ4n) is 2.57. The quantitative estimate of drug-likeness (QED) is 0.802. The van der Waals surface area contributed by atoms with Gasteiger partial charge in [-0.25, -0.2) is 0 Å². The number of nitrogens with zero attached hydrogens (tertiary/aromatic N) is 1. The van der Waals surface area contributed by atoms with Crippen molar-refractivity contribution in [2.45, 2.75) is 46.5 Å². The number of ketones is 1. The molecule has 1 aromatic rings. The van der Waals surface area contributed by atoms with E-state index in [0.717, 1.165) is 17.1 Å². The van der Waals surface area contributed by atoms with Crippen LogP contribution in [0.3, 0.4) is 0 Å².